The Balaban J connectivity index is 1.91. The Bertz CT molecular complexity index is 504. The molecule has 17 heavy (non-hydrogen) atoms. The highest BCUT2D eigenvalue weighted by molar-refractivity contribution is 7.91. The number of aromatic nitrogens is 2. The lowest BCUT2D eigenvalue weighted by molar-refractivity contribution is 0.420. The lowest BCUT2D eigenvalue weighted by Gasteiger charge is -2.37. The summed E-state index contributed by atoms with van der Waals surface area (Å²) >= 11 is 0. The Morgan fingerprint density at radius 3 is 2.82 bits per heavy atom. The lowest BCUT2D eigenvalue weighted by Crippen LogP contribution is -2.58. The molecule has 0 radical (unpaired) electrons. The van der Waals surface area contributed by atoms with Gasteiger partial charge in [-0.15, -0.1) is 0 Å². The fourth-order valence-corrected chi connectivity index (χ4v) is 4.51. The van der Waals surface area contributed by atoms with Crippen molar-refractivity contribution in [2.75, 3.05) is 29.5 Å². The minimum absolute atomic E-state index is 0.0116. The van der Waals surface area contributed by atoms with E-state index in [2.05, 4.69) is 15.3 Å². The number of rotatable bonds is 1. The van der Waals surface area contributed by atoms with Gasteiger partial charge in [0.05, 0.1) is 17.5 Å². The van der Waals surface area contributed by atoms with Crippen LogP contribution in [0.1, 0.15) is 0 Å². The van der Waals surface area contributed by atoms with Gasteiger partial charge in [-0.3, -0.25) is 0 Å². The maximum absolute atomic E-state index is 11.7. The molecule has 0 aromatic carbocycles. The summed E-state index contributed by atoms with van der Waals surface area (Å²) in [6, 6.07) is 1.74. The van der Waals surface area contributed by atoms with Gasteiger partial charge < -0.3 is 10.2 Å². The van der Waals surface area contributed by atoms with E-state index in [4.69, 9.17) is 0 Å². The number of anilines is 1. The van der Waals surface area contributed by atoms with E-state index in [-0.39, 0.29) is 23.6 Å². The largest absolute Gasteiger partial charge is 0.334 e. The Morgan fingerprint density at radius 2 is 2.06 bits per heavy atom. The maximum Gasteiger partial charge on any atom is 0.225 e. The molecule has 2 aliphatic heterocycles. The molecule has 0 saturated carbocycles. The third kappa shape index (κ3) is 2.00. The number of hydrogen-bond acceptors (Lipinski definition) is 6. The number of fused-ring (bicyclic) bond motifs is 1. The SMILES string of the molecule is O=S1(=O)CC2NCCN(c3ncccn3)C2C1. The van der Waals surface area contributed by atoms with E-state index in [1.165, 1.54) is 0 Å². The first-order valence-electron chi connectivity index (χ1n) is 5.63. The summed E-state index contributed by atoms with van der Waals surface area (Å²) in [4.78, 5) is 10.4. The zero-order valence-corrected chi connectivity index (χ0v) is 10.1. The predicted octanol–water partition coefficient (Wildman–Crippen LogP) is -0.948. The average Bonchev–Trinajstić information content (AvgIpc) is 2.63. The first-order valence-corrected chi connectivity index (χ1v) is 7.45. The number of nitrogens with zero attached hydrogens (tertiary/aromatic N) is 3. The second-order valence-electron chi connectivity index (χ2n) is 4.45. The van der Waals surface area contributed by atoms with E-state index in [0.717, 1.165) is 13.1 Å². The molecule has 3 heterocycles. The van der Waals surface area contributed by atoms with Gasteiger partial charge in [-0.2, -0.15) is 0 Å². The smallest absolute Gasteiger partial charge is 0.225 e. The summed E-state index contributed by atoms with van der Waals surface area (Å²) in [6.07, 6.45) is 3.37. The van der Waals surface area contributed by atoms with Gasteiger partial charge in [-0.05, 0) is 6.07 Å². The monoisotopic (exact) mass is 254 g/mol. The second-order valence-corrected chi connectivity index (χ2v) is 6.60. The first kappa shape index (κ1) is 10.9. The number of sulfone groups is 1. The van der Waals surface area contributed by atoms with Crippen LogP contribution in [0.3, 0.4) is 0 Å². The zero-order chi connectivity index (χ0) is 11.9. The van der Waals surface area contributed by atoms with Gasteiger partial charge in [0.1, 0.15) is 0 Å². The van der Waals surface area contributed by atoms with Crippen LogP contribution in [-0.2, 0) is 9.84 Å². The lowest BCUT2D eigenvalue weighted by atomic mass is 10.1. The van der Waals surface area contributed by atoms with Crippen molar-refractivity contribution in [2.24, 2.45) is 0 Å². The molecule has 1 N–H and O–H groups in total. The Morgan fingerprint density at radius 1 is 1.29 bits per heavy atom. The number of piperazine rings is 1. The topological polar surface area (TPSA) is 75.2 Å². The highest BCUT2D eigenvalue weighted by Crippen LogP contribution is 2.23. The summed E-state index contributed by atoms with van der Waals surface area (Å²) in [5.74, 6) is 1.05. The van der Waals surface area contributed by atoms with E-state index >= 15 is 0 Å². The van der Waals surface area contributed by atoms with Crippen molar-refractivity contribution in [1.82, 2.24) is 15.3 Å². The molecule has 0 bridgehead atoms. The van der Waals surface area contributed by atoms with Crippen molar-refractivity contribution in [3.8, 4) is 0 Å². The molecule has 1 aromatic rings. The van der Waals surface area contributed by atoms with E-state index in [0.29, 0.717) is 5.95 Å². The Kier molecular flexibility index (Phi) is 2.52. The molecular weight excluding hydrogens is 240 g/mol. The minimum Gasteiger partial charge on any atom is -0.334 e. The van der Waals surface area contributed by atoms with Gasteiger partial charge in [-0.25, -0.2) is 18.4 Å². The molecule has 3 rings (SSSR count). The average molecular weight is 254 g/mol. The van der Waals surface area contributed by atoms with Gasteiger partial charge in [0, 0.05) is 31.5 Å². The molecule has 92 valence electrons. The van der Waals surface area contributed by atoms with Gasteiger partial charge in [0.15, 0.2) is 9.84 Å². The van der Waals surface area contributed by atoms with E-state index in [9.17, 15) is 8.42 Å². The maximum atomic E-state index is 11.7. The number of hydrogen-bond donors (Lipinski definition) is 1. The van der Waals surface area contributed by atoms with Crippen molar-refractivity contribution in [1.29, 1.82) is 0 Å². The van der Waals surface area contributed by atoms with Gasteiger partial charge >= 0.3 is 0 Å². The van der Waals surface area contributed by atoms with Crippen molar-refractivity contribution < 1.29 is 8.42 Å². The van der Waals surface area contributed by atoms with E-state index in [1.807, 2.05) is 4.90 Å². The predicted molar refractivity (Wildman–Crippen MR) is 63.6 cm³/mol. The third-order valence-electron chi connectivity index (χ3n) is 3.29. The molecule has 2 atom stereocenters. The standard InChI is InChI=1S/C10H14N4O2S/c15-17(16)6-8-9(7-17)14(5-4-11-8)10-12-2-1-3-13-10/h1-3,8-9,11H,4-7H2. The van der Waals surface area contributed by atoms with Crippen LogP contribution >= 0.6 is 0 Å². The molecule has 0 aliphatic carbocycles. The molecule has 2 saturated heterocycles. The highest BCUT2D eigenvalue weighted by atomic mass is 32.2. The third-order valence-corrected chi connectivity index (χ3v) is 5.01. The van der Waals surface area contributed by atoms with E-state index in [1.54, 1.807) is 18.5 Å². The van der Waals surface area contributed by atoms with Crippen LogP contribution in [0.25, 0.3) is 0 Å². The first-order chi connectivity index (χ1) is 8.16. The zero-order valence-electron chi connectivity index (χ0n) is 9.28. The summed E-state index contributed by atoms with van der Waals surface area (Å²) in [5, 5.41) is 3.26. The normalized spacial score (nSPS) is 31.2. The van der Waals surface area contributed by atoms with Crippen LogP contribution in [0.2, 0.25) is 0 Å². The molecule has 6 nitrogen and oxygen atoms in total. The molecule has 2 aliphatic rings. The Hall–Kier alpha value is -1.21. The van der Waals surface area contributed by atoms with Crippen molar-refractivity contribution in [2.45, 2.75) is 12.1 Å². The van der Waals surface area contributed by atoms with Crippen LogP contribution in [0.5, 0.6) is 0 Å². The fourth-order valence-electron chi connectivity index (χ4n) is 2.56. The van der Waals surface area contributed by atoms with Crippen LogP contribution in [-0.4, -0.2) is 55.1 Å². The van der Waals surface area contributed by atoms with Crippen LogP contribution < -0.4 is 10.2 Å². The van der Waals surface area contributed by atoms with E-state index < -0.39 is 9.84 Å². The van der Waals surface area contributed by atoms with Crippen LogP contribution in [0, 0.1) is 0 Å². The number of nitrogens with one attached hydrogen (secondary N) is 1. The molecule has 7 heteroatoms. The molecule has 1 aromatic heterocycles. The van der Waals surface area contributed by atoms with Crippen molar-refractivity contribution in [3.63, 3.8) is 0 Å². The second kappa shape index (κ2) is 3.92. The highest BCUT2D eigenvalue weighted by Gasteiger charge is 2.43. The molecular formula is C10H14N4O2S. The van der Waals surface area contributed by atoms with Gasteiger partial charge in [-0.1, -0.05) is 0 Å². The molecule has 2 fully saturated rings. The molecule has 0 spiro atoms. The summed E-state index contributed by atoms with van der Waals surface area (Å²) in [6.45, 7) is 1.52. The van der Waals surface area contributed by atoms with Crippen molar-refractivity contribution in [3.05, 3.63) is 18.5 Å². The molecule has 2 unspecified atom stereocenters. The van der Waals surface area contributed by atoms with Crippen LogP contribution in [0.15, 0.2) is 18.5 Å². The summed E-state index contributed by atoms with van der Waals surface area (Å²) < 4.78 is 23.3. The minimum atomic E-state index is -2.93. The fraction of sp³-hybridized carbons (Fsp3) is 0.600. The van der Waals surface area contributed by atoms with Gasteiger partial charge in [0.25, 0.3) is 0 Å². The summed E-state index contributed by atoms with van der Waals surface area (Å²) in [7, 11) is -2.93. The van der Waals surface area contributed by atoms with Gasteiger partial charge in [0.2, 0.25) is 5.95 Å². The quantitative estimate of drug-likeness (QED) is 0.696. The molecule has 0 amide bonds. The van der Waals surface area contributed by atoms with Crippen molar-refractivity contribution >= 4 is 15.8 Å². The van der Waals surface area contributed by atoms with Crippen LogP contribution in [0.4, 0.5) is 5.95 Å². The summed E-state index contributed by atoms with van der Waals surface area (Å²) in [5.41, 5.74) is 0. The Labute approximate surface area is 100.0 Å².